The van der Waals surface area contributed by atoms with Gasteiger partial charge in [0.05, 0.1) is 12.1 Å². The highest BCUT2D eigenvalue weighted by atomic mass is 35.5. The molecule has 1 fully saturated rings. The van der Waals surface area contributed by atoms with Crippen molar-refractivity contribution in [2.75, 3.05) is 13.2 Å². The number of imide groups is 1. The van der Waals surface area contributed by atoms with Crippen LogP contribution in [0.1, 0.15) is 29.8 Å². The Morgan fingerprint density at radius 1 is 1.15 bits per heavy atom. The van der Waals surface area contributed by atoms with Crippen LogP contribution in [0, 0.1) is 0 Å². The number of ether oxygens (including phenoxy) is 1. The molecule has 6 nitrogen and oxygen atoms in total. The number of nitrogens with zero attached hydrogens (tertiary/aromatic N) is 1. The molecular weight excluding hydrogens is 368 g/mol. The first-order valence-electron chi connectivity index (χ1n) is 8.46. The molecule has 1 unspecified atom stereocenters. The van der Waals surface area contributed by atoms with E-state index in [1.54, 1.807) is 55.5 Å². The van der Waals surface area contributed by atoms with Crippen LogP contribution in [0.3, 0.4) is 0 Å². The predicted octanol–water partition coefficient (Wildman–Crippen LogP) is 3.39. The van der Waals surface area contributed by atoms with Gasteiger partial charge in [-0.25, -0.2) is 4.79 Å². The Bertz CT molecular complexity index is 897. The van der Waals surface area contributed by atoms with Crippen LogP contribution in [0.5, 0.6) is 5.75 Å². The summed E-state index contributed by atoms with van der Waals surface area (Å²) in [5, 5.41) is 3.28. The van der Waals surface area contributed by atoms with E-state index in [0.717, 1.165) is 4.90 Å². The highest BCUT2D eigenvalue weighted by Crippen LogP contribution is 2.29. The van der Waals surface area contributed by atoms with Crippen molar-refractivity contribution in [1.29, 1.82) is 0 Å². The van der Waals surface area contributed by atoms with E-state index < -0.39 is 11.6 Å². The molecule has 2 aromatic carbocycles. The number of para-hydroxylation sites is 1. The summed E-state index contributed by atoms with van der Waals surface area (Å²) >= 11 is 5.90. The Kier molecular flexibility index (Phi) is 5.19. The van der Waals surface area contributed by atoms with Gasteiger partial charge in [-0.2, -0.15) is 0 Å². The van der Waals surface area contributed by atoms with Crippen LogP contribution in [0.4, 0.5) is 4.79 Å². The average molecular weight is 387 g/mol. The third-order valence-electron chi connectivity index (χ3n) is 4.54. The lowest BCUT2D eigenvalue weighted by atomic mass is 9.92. The summed E-state index contributed by atoms with van der Waals surface area (Å²) in [6.07, 6.45) is 0. The smallest absolute Gasteiger partial charge is 0.325 e. The van der Waals surface area contributed by atoms with Crippen molar-refractivity contribution in [3.8, 4) is 5.75 Å². The second-order valence-electron chi connectivity index (χ2n) is 6.42. The summed E-state index contributed by atoms with van der Waals surface area (Å²) < 4.78 is 5.63. The van der Waals surface area contributed by atoms with E-state index in [4.69, 9.17) is 16.3 Å². The Labute approximate surface area is 162 Å². The van der Waals surface area contributed by atoms with Crippen molar-refractivity contribution >= 4 is 29.3 Å². The lowest BCUT2D eigenvalue weighted by molar-refractivity contribution is -0.131. The molecule has 27 heavy (non-hydrogen) atoms. The van der Waals surface area contributed by atoms with Crippen molar-refractivity contribution in [2.45, 2.75) is 19.4 Å². The molecule has 1 atom stereocenters. The standard InChI is InChI=1S/C20H19ClN2O4/c1-13(24)16-5-3-4-6-17(16)27-12-11-23-18(25)20(2,22-19(23)26)14-7-9-15(21)10-8-14/h3-10H,11-12H2,1-2H3,(H,22,26). The summed E-state index contributed by atoms with van der Waals surface area (Å²) in [4.78, 5) is 37.9. The fourth-order valence-corrected chi connectivity index (χ4v) is 3.14. The van der Waals surface area contributed by atoms with Crippen LogP contribution in [0.25, 0.3) is 0 Å². The molecule has 3 amide bonds. The Balaban J connectivity index is 1.70. The fourth-order valence-electron chi connectivity index (χ4n) is 3.01. The van der Waals surface area contributed by atoms with E-state index in [0.29, 0.717) is 21.9 Å². The first-order valence-corrected chi connectivity index (χ1v) is 8.83. The van der Waals surface area contributed by atoms with Crippen molar-refractivity contribution < 1.29 is 19.1 Å². The zero-order valence-electron chi connectivity index (χ0n) is 15.0. The number of ketones is 1. The molecule has 1 N–H and O–H groups in total. The number of rotatable bonds is 6. The van der Waals surface area contributed by atoms with Gasteiger partial charge in [0.15, 0.2) is 5.78 Å². The molecule has 0 saturated carbocycles. The second kappa shape index (κ2) is 7.40. The maximum atomic E-state index is 12.8. The van der Waals surface area contributed by atoms with E-state index in [-0.39, 0.29) is 24.8 Å². The maximum Gasteiger partial charge on any atom is 0.325 e. The summed E-state index contributed by atoms with van der Waals surface area (Å²) in [5.74, 6) is -0.0494. The topological polar surface area (TPSA) is 75.7 Å². The molecule has 1 saturated heterocycles. The minimum atomic E-state index is -1.15. The van der Waals surface area contributed by atoms with Gasteiger partial charge < -0.3 is 10.1 Å². The van der Waals surface area contributed by atoms with Gasteiger partial charge in [-0.15, -0.1) is 0 Å². The molecule has 0 aromatic heterocycles. The molecule has 0 aliphatic carbocycles. The zero-order chi connectivity index (χ0) is 19.6. The number of amides is 3. The molecule has 140 valence electrons. The van der Waals surface area contributed by atoms with E-state index in [1.165, 1.54) is 6.92 Å². The average Bonchev–Trinajstić information content (AvgIpc) is 2.86. The highest BCUT2D eigenvalue weighted by molar-refractivity contribution is 6.30. The first kappa shape index (κ1) is 18.9. The van der Waals surface area contributed by atoms with Crippen LogP contribution in [0.15, 0.2) is 48.5 Å². The van der Waals surface area contributed by atoms with Gasteiger partial charge in [-0.3, -0.25) is 14.5 Å². The van der Waals surface area contributed by atoms with Gasteiger partial charge in [-0.05, 0) is 43.7 Å². The number of halogens is 1. The van der Waals surface area contributed by atoms with E-state index in [2.05, 4.69) is 5.32 Å². The second-order valence-corrected chi connectivity index (χ2v) is 6.86. The number of urea groups is 1. The van der Waals surface area contributed by atoms with Gasteiger partial charge in [0, 0.05) is 5.02 Å². The van der Waals surface area contributed by atoms with Crippen LogP contribution < -0.4 is 10.1 Å². The first-order chi connectivity index (χ1) is 12.8. The van der Waals surface area contributed by atoms with Crippen LogP contribution >= 0.6 is 11.6 Å². The zero-order valence-corrected chi connectivity index (χ0v) is 15.7. The number of hydrogen-bond acceptors (Lipinski definition) is 4. The number of hydrogen-bond donors (Lipinski definition) is 1. The van der Waals surface area contributed by atoms with Crippen LogP contribution in [-0.2, 0) is 10.3 Å². The van der Waals surface area contributed by atoms with E-state index in [1.807, 2.05) is 0 Å². The molecular formula is C20H19ClN2O4. The van der Waals surface area contributed by atoms with Gasteiger partial charge in [0.2, 0.25) is 0 Å². The normalized spacial score (nSPS) is 19.1. The molecule has 0 spiro atoms. The number of Topliss-reactive ketones (excluding diaryl/α,β-unsaturated/α-hetero) is 1. The monoisotopic (exact) mass is 386 g/mol. The van der Waals surface area contributed by atoms with Gasteiger partial charge >= 0.3 is 6.03 Å². The highest BCUT2D eigenvalue weighted by Gasteiger charge is 2.48. The minimum Gasteiger partial charge on any atom is -0.491 e. The van der Waals surface area contributed by atoms with E-state index >= 15 is 0 Å². The molecule has 0 radical (unpaired) electrons. The van der Waals surface area contributed by atoms with E-state index in [9.17, 15) is 14.4 Å². The molecule has 1 aliphatic heterocycles. The summed E-state index contributed by atoms with van der Waals surface area (Å²) in [6.45, 7) is 3.26. The van der Waals surface area contributed by atoms with Crippen molar-refractivity contribution in [3.63, 3.8) is 0 Å². The molecule has 7 heteroatoms. The number of benzene rings is 2. The Morgan fingerprint density at radius 3 is 2.48 bits per heavy atom. The number of carbonyl (C=O) groups is 3. The van der Waals surface area contributed by atoms with Gasteiger partial charge in [0.1, 0.15) is 17.9 Å². The largest absolute Gasteiger partial charge is 0.491 e. The third-order valence-corrected chi connectivity index (χ3v) is 4.79. The molecule has 3 rings (SSSR count). The Hall–Kier alpha value is -2.86. The molecule has 0 bridgehead atoms. The lowest BCUT2D eigenvalue weighted by Gasteiger charge is -2.22. The fraction of sp³-hybridized carbons (Fsp3) is 0.250. The van der Waals surface area contributed by atoms with Gasteiger partial charge in [-0.1, -0.05) is 35.9 Å². The molecule has 2 aromatic rings. The summed E-state index contributed by atoms with van der Waals surface area (Å²) in [6, 6.07) is 13.1. The van der Waals surface area contributed by atoms with Gasteiger partial charge in [0.25, 0.3) is 5.91 Å². The maximum absolute atomic E-state index is 12.8. The van der Waals surface area contributed by atoms with Crippen LogP contribution in [0.2, 0.25) is 5.02 Å². The quantitative estimate of drug-likeness (QED) is 0.610. The lowest BCUT2D eigenvalue weighted by Crippen LogP contribution is -2.41. The van der Waals surface area contributed by atoms with Crippen molar-refractivity contribution in [2.24, 2.45) is 0 Å². The predicted molar refractivity (Wildman–Crippen MR) is 101 cm³/mol. The van der Waals surface area contributed by atoms with Crippen molar-refractivity contribution in [3.05, 3.63) is 64.7 Å². The van der Waals surface area contributed by atoms with Crippen LogP contribution in [-0.4, -0.2) is 35.8 Å². The molecule has 1 heterocycles. The SMILES string of the molecule is CC(=O)c1ccccc1OCCN1C(=O)NC(C)(c2ccc(Cl)cc2)C1=O. The Morgan fingerprint density at radius 2 is 1.81 bits per heavy atom. The molecule has 1 aliphatic rings. The number of carbonyl (C=O) groups excluding carboxylic acids is 3. The third kappa shape index (κ3) is 3.66. The summed E-state index contributed by atoms with van der Waals surface area (Å²) in [5.41, 5.74) is -0.0461. The van der Waals surface area contributed by atoms with Crippen molar-refractivity contribution in [1.82, 2.24) is 10.2 Å². The minimum absolute atomic E-state index is 0.0695. The number of nitrogens with one attached hydrogen (secondary N) is 1. The summed E-state index contributed by atoms with van der Waals surface area (Å²) in [7, 11) is 0.